The third-order valence-electron chi connectivity index (χ3n) is 3.28. The van der Waals surface area contributed by atoms with Crippen LogP contribution in [-0.4, -0.2) is 44.1 Å². The van der Waals surface area contributed by atoms with Crippen LogP contribution in [0, 0.1) is 6.92 Å². The van der Waals surface area contributed by atoms with Gasteiger partial charge in [0.15, 0.2) is 6.54 Å². The van der Waals surface area contributed by atoms with Gasteiger partial charge in [-0.15, -0.1) is 0 Å². The van der Waals surface area contributed by atoms with Gasteiger partial charge in [-0.25, -0.2) is 0 Å². The van der Waals surface area contributed by atoms with Gasteiger partial charge in [0.1, 0.15) is 12.4 Å². The summed E-state index contributed by atoms with van der Waals surface area (Å²) >= 11 is 0. The molecule has 0 atom stereocenters. The van der Waals surface area contributed by atoms with Crippen LogP contribution in [0.1, 0.15) is 25.3 Å². The fraction of sp³-hybridized carbons (Fsp3) is 0.562. The molecule has 0 bridgehead atoms. The quantitative estimate of drug-likeness (QED) is 0.547. The third kappa shape index (κ3) is 7.93. The first-order valence-corrected chi connectivity index (χ1v) is 7.39. The van der Waals surface area contributed by atoms with E-state index in [1.165, 1.54) is 6.42 Å². The number of ether oxygens (including phenoxy) is 1. The summed E-state index contributed by atoms with van der Waals surface area (Å²) in [7, 11) is 1.83. The van der Waals surface area contributed by atoms with Gasteiger partial charge in [0.25, 0.3) is 5.91 Å². The van der Waals surface area contributed by atoms with E-state index < -0.39 is 0 Å². The SMILES string of the molecule is CCCC[NH2+]CC(=O)N(C)CCOc1ccccc1C.[Cl-]. The number of aryl methyl sites for hydroxylation is 1. The highest BCUT2D eigenvalue weighted by atomic mass is 35.5. The van der Waals surface area contributed by atoms with Crippen LogP contribution < -0.4 is 22.5 Å². The molecule has 0 aliphatic carbocycles. The number of likely N-dealkylation sites (N-methyl/N-ethyl adjacent to an activating group) is 1. The lowest BCUT2D eigenvalue weighted by Crippen LogP contribution is -3.00. The van der Waals surface area contributed by atoms with Crippen molar-refractivity contribution in [2.24, 2.45) is 0 Å². The lowest BCUT2D eigenvalue weighted by molar-refractivity contribution is -0.644. The molecule has 4 nitrogen and oxygen atoms in total. The van der Waals surface area contributed by atoms with Gasteiger partial charge < -0.3 is 27.4 Å². The van der Waals surface area contributed by atoms with Crippen molar-refractivity contribution in [3.05, 3.63) is 29.8 Å². The highest BCUT2D eigenvalue weighted by Crippen LogP contribution is 2.15. The molecule has 1 aromatic carbocycles. The molecule has 0 aromatic heterocycles. The number of carbonyl (C=O) groups is 1. The molecular formula is C16H27ClN2O2. The van der Waals surface area contributed by atoms with Crippen molar-refractivity contribution < 1.29 is 27.3 Å². The second kappa shape index (κ2) is 11.4. The van der Waals surface area contributed by atoms with Gasteiger partial charge in [-0.1, -0.05) is 31.5 Å². The summed E-state index contributed by atoms with van der Waals surface area (Å²) in [6.07, 6.45) is 2.33. The van der Waals surface area contributed by atoms with Crippen molar-refractivity contribution in [1.82, 2.24) is 4.90 Å². The Labute approximate surface area is 134 Å². The average molecular weight is 315 g/mol. The van der Waals surface area contributed by atoms with Crippen molar-refractivity contribution in [2.45, 2.75) is 26.7 Å². The van der Waals surface area contributed by atoms with E-state index in [1.54, 1.807) is 4.90 Å². The second-order valence-corrected chi connectivity index (χ2v) is 5.06. The van der Waals surface area contributed by atoms with Gasteiger partial charge >= 0.3 is 0 Å². The van der Waals surface area contributed by atoms with E-state index >= 15 is 0 Å². The van der Waals surface area contributed by atoms with E-state index in [9.17, 15) is 4.79 Å². The summed E-state index contributed by atoms with van der Waals surface area (Å²) in [5, 5.41) is 2.07. The van der Waals surface area contributed by atoms with Crippen LogP contribution in [0.5, 0.6) is 5.75 Å². The molecule has 120 valence electrons. The Kier molecular flexibility index (Phi) is 10.7. The molecule has 1 amide bonds. The van der Waals surface area contributed by atoms with Gasteiger partial charge in [-0.2, -0.15) is 0 Å². The Morgan fingerprint density at radius 3 is 2.71 bits per heavy atom. The third-order valence-corrected chi connectivity index (χ3v) is 3.28. The molecule has 0 aliphatic heterocycles. The van der Waals surface area contributed by atoms with Crippen molar-refractivity contribution in [2.75, 3.05) is 33.3 Å². The second-order valence-electron chi connectivity index (χ2n) is 5.06. The van der Waals surface area contributed by atoms with Crippen LogP contribution >= 0.6 is 0 Å². The van der Waals surface area contributed by atoms with Gasteiger partial charge in [0.2, 0.25) is 0 Å². The van der Waals surface area contributed by atoms with E-state index in [0.29, 0.717) is 19.7 Å². The molecular weight excluding hydrogens is 288 g/mol. The maximum atomic E-state index is 11.9. The molecule has 2 N–H and O–H groups in total. The predicted molar refractivity (Wildman–Crippen MR) is 80.9 cm³/mol. The van der Waals surface area contributed by atoms with Crippen LogP contribution in [0.3, 0.4) is 0 Å². The summed E-state index contributed by atoms with van der Waals surface area (Å²) in [6.45, 7) is 6.88. The maximum absolute atomic E-state index is 11.9. The van der Waals surface area contributed by atoms with Gasteiger partial charge in [-0.05, 0) is 25.0 Å². The summed E-state index contributed by atoms with van der Waals surface area (Å²) in [5.74, 6) is 1.05. The summed E-state index contributed by atoms with van der Waals surface area (Å²) < 4.78 is 5.70. The largest absolute Gasteiger partial charge is 1.00 e. The fourth-order valence-electron chi connectivity index (χ4n) is 1.87. The number of benzene rings is 1. The topological polar surface area (TPSA) is 46.2 Å². The Hall–Kier alpha value is -1.26. The zero-order chi connectivity index (χ0) is 14.8. The van der Waals surface area contributed by atoms with Crippen LogP contribution in [-0.2, 0) is 4.79 Å². The zero-order valence-corrected chi connectivity index (χ0v) is 14.0. The molecule has 0 spiro atoms. The Balaban J connectivity index is 0.00000400. The standard InChI is InChI=1S/C16H26N2O2.ClH/c1-4-5-10-17-13-16(19)18(3)11-12-20-15-9-7-6-8-14(15)2;/h6-9,17H,4-5,10-13H2,1-3H3;1H. The average Bonchev–Trinajstić information content (AvgIpc) is 2.45. The first-order chi connectivity index (χ1) is 9.65. The van der Waals surface area contributed by atoms with Gasteiger partial charge in [0, 0.05) is 7.05 Å². The number of quaternary nitrogens is 1. The summed E-state index contributed by atoms with van der Waals surface area (Å²) in [4.78, 5) is 13.6. The van der Waals surface area contributed by atoms with Crippen molar-refractivity contribution >= 4 is 5.91 Å². The van der Waals surface area contributed by atoms with Gasteiger partial charge in [-0.3, -0.25) is 4.79 Å². The molecule has 0 radical (unpaired) electrons. The van der Waals surface area contributed by atoms with E-state index in [1.807, 2.05) is 38.2 Å². The molecule has 0 saturated carbocycles. The van der Waals surface area contributed by atoms with E-state index in [4.69, 9.17) is 4.74 Å². The minimum atomic E-state index is 0. The number of hydrogen-bond donors (Lipinski definition) is 1. The van der Waals surface area contributed by atoms with Crippen LogP contribution in [0.2, 0.25) is 0 Å². The van der Waals surface area contributed by atoms with Crippen LogP contribution in [0.25, 0.3) is 0 Å². The number of carbonyl (C=O) groups excluding carboxylic acids is 1. The molecule has 0 fully saturated rings. The minimum Gasteiger partial charge on any atom is -1.00 e. The molecule has 1 rings (SSSR count). The lowest BCUT2D eigenvalue weighted by atomic mass is 10.2. The smallest absolute Gasteiger partial charge is 0.277 e. The number of unbranched alkanes of at least 4 members (excludes halogenated alkanes) is 1. The number of para-hydroxylation sites is 1. The molecule has 0 aliphatic rings. The van der Waals surface area contributed by atoms with Crippen LogP contribution in [0.4, 0.5) is 0 Å². The summed E-state index contributed by atoms with van der Waals surface area (Å²) in [5.41, 5.74) is 1.12. The molecule has 21 heavy (non-hydrogen) atoms. The molecule has 0 unspecified atom stereocenters. The van der Waals surface area contributed by atoms with E-state index in [2.05, 4.69) is 12.2 Å². The first-order valence-electron chi connectivity index (χ1n) is 7.39. The Morgan fingerprint density at radius 2 is 2.05 bits per heavy atom. The summed E-state index contributed by atoms with van der Waals surface area (Å²) in [6, 6.07) is 7.92. The number of rotatable bonds is 9. The minimum absolute atomic E-state index is 0. The highest BCUT2D eigenvalue weighted by molar-refractivity contribution is 5.76. The van der Waals surface area contributed by atoms with Gasteiger partial charge in [0.05, 0.1) is 13.1 Å². The van der Waals surface area contributed by atoms with E-state index in [0.717, 1.165) is 24.3 Å². The normalized spacial score (nSPS) is 9.86. The van der Waals surface area contributed by atoms with E-state index in [-0.39, 0.29) is 18.3 Å². The molecule has 5 heteroatoms. The number of halogens is 1. The van der Waals surface area contributed by atoms with Crippen molar-refractivity contribution in [1.29, 1.82) is 0 Å². The molecule has 0 saturated heterocycles. The zero-order valence-electron chi connectivity index (χ0n) is 13.3. The number of nitrogens with two attached hydrogens (primary N) is 1. The number of amides is 1. The molecule has 0 heterocycles. The number of hydrogen-bond acceptors (Lipinski definition) is 2. The highest BCUT2D eigenvalue weighted by Gasteiger charge is 2.10. The maximum Gasteiger partial charge on any atom is 0.277 e. The predicted octanol–water partition coefficient (Wildman–Crippen LogP) is -1.80. The lowest BCUT2D eigenvalue weighted by Gasteiger charge is -2.17. The first kappa shape index (κ1) is 19.7. The van der Waals surface area contributed by atoms with Crippen molar-refractivity contribution in [3.63, 3.8) is 0 Å². The monoisotopic (exact) mass is 314 g/mol. The fourth-order valence-corrected chi connectivity index (χ4v) is 1.87. The number of nitrogens with zero attached hydrogens (tertiary/aromatic N) is 1. The molecule has 1 aromatic rings. The van der Waals surface area contributed by atoms with Crippen molar-refractivity contribution in [3.8, 4) is 5.75 Å². The van der Waals surface area contributed by atoms with Crippen LogP contribution in [0.15, 0.2) is 24.3 Å². The Bertz CT molecular complexity index is 413. The Morgan fingerprint density at radius 1 is 1.33 bits per heavy atom.